The molecule has 0 saturated carbocycles. The first-order valence-electron chi connectivity index (χ1n) is 4.45. The molecule has 0 aliphatic rings. The summed E-state index contributed by atoms with van der Waals surface area (Å²) >= 11 is 3.18. The molecule has 0 fully saturated rings. The van der Waals surface area contributed by atoms with Crippen molar-refractivity contribution in [1.29, 1.82) is 0 Å². The van der Waals surface area contributed by atoms with Gasteiger partial charge in [0, 0.05) is 13.2 Å². The first kappa shape index (κ1) is 10.8. The van der Waals surface area contributed by atoms with Gasteiger partial charge in [0.05, 0.1) is 17.6 Å². The molecule has 2 aromatic heterocycles. The van der Waals surface area contributed by atoms with Crippen molar-refractivity contribution in [2.75, 3.05) is 0 Å². The Morgan fingerprint density at radius 2 is 2.19 bits per heavy atom. The molecule has 0 amide bonds. The normalized spacial score (nSPS) is 10.4. The van der Waals surface area contributed by atoms with Gasteiger partial charge in [-0.05, 0) is 28.1 Å². The maximum absolute atomic E-state index is 10.9. The summed E-state index contributed by atoms with van der Waals surface area (Å²) in [5.74, 6) is -0.986. The van der Waals surface area contributed by atoms with Crippen LogP contribution in [0.5, 0.6) is 0 Å². The summed E-state index contributed by atoms with van der Waals surface area (Å²) in [7, 11) is 1.84. The van der Waals surface area contributed by atoms with E-state index in [1.165, 1.54) is 12.1 Å². The van der Waals surface area contributed by atoms with Crippen molar-refractivity contribution in [3.8, 4) is 11.4 Å². The Kier molecular flexibility index (Phi) is 2.74. The van der Waals surface area contributed by atoms with Crippen molar-refractivity contribution in [2.45, 2.75) is 0 Å². The molecule has 0 saturated heterocycles. The van der Waals surface area contributed by atoms with Crippen molar-refractivity contribution in [2.24, 2.45) is 7.05 Å². The second-order valence-corrected chi connectivity index (χ2v) is 4.11. The number of aryl methyl sites for hydroxylation is 1. The Hall–Kier alpha value is -1.69. The van der Waals surface area contributed by atoms with Crippen LogP contribution in [0.3, 0.4) is 0 Å². The van der Waals surface area contributed by atoms with E-state index >= 15 is 0 Å². The van der Waals surface area contributed by atoms with Crippen LogP contribution in [-0.4, -0.2) is 25.6 Å². The van der Waals surface area contributed by atoms with Crippen LogP contribution in [-0.2, 0) is 7.05 Å². The van der Waals surface area contributed by atoms with Crippen molar-refractivity contribution < 1.29 is 9.90 Å². The summed E-state index contributed by atoms with van der Waals surface area (Å²) in [5, 5.41) is 8.91. The van der Waals surface area contributed by atoms with Gasteiger partial charge in [-0.15, -0.1) is 0 Å². The van der Waals surface area contributed by atoms with Gasteiger partial charge in [-0.3, -0.25) is 0 Å². The maximum atomic E-state index is 10.9. The minimum absolute atomic E-state index is 0.183. The van der Waals surface area contributed by atoms with E-state index in [9.17, 15) is 4.79 Å². The highest BCUT2D eigenvalue weighted by Gasteiger charge is 2.10. The molecule has 2 rings (SSSR count). The quantitative estimate of drug-likeness (QED) is 0.855. The number of nitrogens with zero attached hydrogens (tertiary/aromatic N) is 3. The number of hydrogen-bond acceptors (Lipinski definition) is 3. The van der Waals surface area contributed by atoms with E-state index in [0.717, 1.165) is 0 Å². The summed E-state index contributed by atoms with van der Waals surface area (Å²) in [6.07, 6.45) is 3.42. The van der Waals surface area contributed by atoms with E-state index in [-0.39, 0.29) is 5.56 Å². The van der Waals surface area contributed by atoms with E-state index in [0.29, 0.717) is 16.0 Å². The highest BCUT2D eigenvalue weighted by Crippen LogP contribution is 2.19. The van der Waals surface area contributed by atoms with Gasteiger partial charge in [-0.2, -0.15) is 0 Å². The van der Waals surface area contributed by atoms with Gasteiger partial charge in [-0.1, -0.05) is 0 Å². The maximum Gasteiger partial charge on any atom is 0.335 e. The Labute approximate surface area is 99.9 Å². The van der Waals surface area contributed by atoms with Crippen molar-refractivity contribution in [3.63, 3.8) is 0 Å². The third-order valence-electron chi connectivity index (χ3n) is 2.01. The number of halogens is 1. The average Bonchev–Trinajstić information content (AvgIpc) is 2.64. The van der Waals surface area contributed by atoms with Crippen LogP contribution in [0, 0.1) is 0 Å². The van der Waals surface area contributed by atoms with Crippen molar-refractivity contribution in [3.05, 3.63) is 34.8 Å². The van der Waals surface area contributed by atoms with Crippen LogP contribution in [0.25, 0.3) is 11.4 Å². The van der Waals surface area contributed by atoms with Crippen LogP contribution in [0.15, 0.2) is 29.3 Å². The van der Waals surface area contributed by atoms with Crippen LogP contribution in [0.2, 0.25) is 0 Å². The number of imidazole rings is 1. The number of pyridine rings is 1. The molecule has 0 unspecified atom stereocenters. The van der Waals surface area contributed by atoms with Crippen LogP contribution in [0.1, 0.15) is 10.4 Å². The summed E-state index contributed by atoms with van der Waals surface area (Å²) < 4.78 is 2.26. The second kappa shape index (κ2) is 4.05. The van der Waals surface area contributed by atoms with E-state index in [4.69, 9.17) is 5.11 Å². The third kappa shape index (κ3) is 2.11. The number of aromatic carboxylic acids is 1. The fraction of sp³-hybridized carbons (Fsp3) is 0.100. The van der Waals surface area contributed by atoms with Gasteiger partial charge in [0.15, 0.2) is 0 Å². The minimum atomic E-state index is -0.986. The predicted molar refractivity (Wildman–Crippen MR) is 61.1 cm³/mol. The smallest absolute Gasteiger partial charge is 0.335 e. The van der Waals surface area contributed by atoms with E-state index in [1.807, 2.05) is 7.05 Å². The fourth-order valence-electron chi connectivity index (χ4n) is 1.30. The molecule has 0 radical (unpaired) electrons. The SMILES string of the molecule is Cn1cnc(-c2cc(C(=O)O)cc(Br)n2)c1. The van der Waals surface area contributed by atoms with Gasteiger partial charge in [0.2, 0.25) is 0 Å². The Morgan fingerprint density at radius 1 is 1.44 bits per heavy atom. The Bertz CT molecular complexity index is 551. The number of hydrogen-bond donors (Lipinski definition) is 1. The third-order valence-corrected chi connectivity index (χ3v) is 2.41. The molecule has 2 aromatic rings. The van der Waals surface area contributed by atoms with Gasteiger partial charge in [0.1, 0.15) is 10.3 Å². The molecule has 16 heavy (non-hydrogen) atoms. The molecule has 0 aliphatic carbocycles. The monoisotopic (exact) mass is 281 g/mol. The van der Waals surface area contributed by atoms with E-state index in [2.05, 4.69) is 25.9 Å². The average molecular weight is 282 g/mol. The van der Waals surface area contributed by atoms with Crippen LogP contribution < -0.4 is 0 Å². The van der Waals surface area contributed by atoms with Gasteiger partial charge in [-0.25, -0.2) is 14.8 Å². The van der Waals surface area contributed by atoms with Gasteiger partial charge < -0.3 is 9.67 Å². The summed E-state index contributed by atoms with van der Waals surface area (Å²) in [6, 6.07) is 2.95. The second-order valence-electron chi connectivity index (χ2n) is 3.29. The highest BCUT2D eigenvalue weighted by atomic mass is 79.9. The largest absolute Gasteiger partial charge is 0.478 e. The Balaban J connectivity index is 2.53. The molecular formula is C10H8BrN3O2. The number of carboxylic acids is 1. The highest BCUT2D eigenvalue weighted by molar-refractivity contribution is 9.10. The minimum Gasteiger partial charge on any atom is -0.478 e. The molecule has 0 aliphatic heterocycles. The van der Waals surface area contributed by atoms with Crippen LogP contribution in [0.4, 0.5) is 0 Å². The molecule has 0 spiro atoms. The summed E-state index contributed by atoms with van der Waals surface area (Å²) in [5.41, 5.74) is 1.36. The van der Waals surface area contributed by atoms with Gasteiger partial charge in [0.25, 0.3) is 0 Å². The molecule has 6 heteroatoms. The zero-order valence-corrected chi connectivity index (χ0v) is 9.97. The lowest BCUT2D eigenvalue weighted by molar-refractivity contribution is 0.0696. The molecule has 0 bridgehead atoms. The number of aromatic nitrogens is 3. The molecule has 0 atom stereocenters. The lowest BCUT2D eigenvalue weighted by Gasteiger charge is -2.00. The zero-order chi connectivity index (χ0) is 11.7. The van der Waals surface area contributed by atoms with Crippen molar-refractivity contribution >= 4 is 21.9 Å². The van der Waals surface area contributed by atoms with E-state index < -0.39 is 5.97 Å². The number of carbonyl (C=O) groups is 1. The van der Waals surface area contributed by atoms with Crippen molar-refractivity contribution in [1.82, 2.24) is 14.5 Å². The zero-order valence-electron chi connectivity index (χ0n) is 8.38. The Morgan fingerprint density at radius 3 is 2.75 bits per heavy atom. The first-order chi connectivity index (χ1) is 7.56. The molecule has 82 valence electrons. The molecular weight excluding hydrogens is 274 g/mol. The standard InChI is InChI=1S/C10H8BrN3O2/c1-14-4-8(12-5-14)7-2-6(10(15)16)3-9(11)13-7/h2-5H,1H3,(H,15,16). The predicted octanol–water partition coefficient (Wildman–Crippen LogP) is 1.94. The summed E-state index contributed by atoms with van der Waals surface area (Å²) in [6.45, 7) is 0. The number of rotatable bonds is 2. The topological polar surface area (TPSA) is 68.0 Å². The molecule has 2 heterocycles. The molecule has 1 N–H and O–H groups in total. The molecule has 5 nitrogen and oxygen atoms in total. The lowest BCUT2D eigenvalue weighted by atomic mass is 10.2. The fourth-order valence-corrected chi connectivity index (χ4v) is 1.73. The number of carboxylic acid groups (broad SMARTS) is 1. The van der Waals surface area contributed by atoms with Crippen LogP contribution >= 0.6 is 15.9 Å². The van der Waals surface area contributed by atoms with E-state index in [1.54, 1.807) is 17.1 Å². The lowest BCUT2D eigenvalue weighted by Crippen LogP contribution is -1.98. The summed E-state index contributed by atoms with van der Waals surface area (Å²) in [4.78, 5) is 19.2. The first-order valence-corrected chi connectivity index (χ1v) is 5.25. The van der Waals surface area contributed by atoms with Gasteiger partial charge >= 0.3 is 5.97 Å². The molecule has 0 aromatic carbocycles.